The first kappa shape index (κ1) is 33.3. The maximum atomic E-state index is 12.9. The third-order valence-corrected chi connectivity index (χ3v) is 6.25. The molecule has 0 amide bonds. The molecule has 0 fully saturated rings. The molecule has 5 nitrogen and oxygen atoms in total. The van der Waals surface area contributed by atoms with Gasteiger partial charge in [-0.3, -0.25) is 14.4 Å². The van der Waals surface area contributed by atoms with Gasteiger partial charge in [-0.25, -0.2) is 13.2 Å². The molecule has 0 aromatic heterocycles. The second-order valence-electron chi connectivity index (χ2n) is 9.48. The lowest BCUT2D eigenvalue weighted by Crippen LogP contribution is -2.06. The van der Waals surface area contributed by atoms with Crippen molar-refractivity contribution in [2.45, 2.75) is 12.8 Å². The minimum Gasteiger partial charge on any atom is -0.399 e. The van der Waals surface area contributed by atoms with Crippen molar-refractivity contribution >= 4 is 39.8 Å². The van der Waals surface area contributed by atoms with E-state index in [4.69, 9.17) is 23.1 Å². The summed E-state index contributed by atoms with van der Waals surface area (Å²) in [5.74, 6) is -1.38. The molecule has 0 radical (unpaired) electrons. The fourth-order valence-electron chi connectivity index (χ4n) is 3.84. The Morgan fingerprint density at radius 1 is 0.500 bits per heavy atom. The number of nitrogen functional groups attached to an aromatic ring is 2. The monoisotopic (exact) mass is 616 g/mol. The third kappa shape index (κ3) is 11.2. The number of anilines is 2. The van der Waals surface area contributed by atoms with Crippen molar-refractivity contribution in [3.8, 4) is 0 Å². The first-order chi connectivity index (χ1) is 21.0. The summed E-state index contributed by atoms with van der Waals surface area (Å²) in [4.78, 5) is 35.0. The van der Waals surface area contributed by atoms with Crippen LogP contribution in [0, 0.1) is 17.5 Å². The molecule has 4 N–H and O–H groups in total. The van der Waals surface area contributed by atoms with Crippen LogP contribution in [0.3, 0.4) is 0 Å². The number of rotatable bonds is 7. The number of benzene rings is 5. The lowest BCUT2D eigenvalue weighted by Gasteiger charge is -2.06. The van der Waals surface area contributed by atoms with Gasteiger partial charge in [0, 0.05) is 40.9 Å². The summed E-state index contributed by atoms with van der Waals surface area (Å²) in [6, 6.07) is 30.3. The smallest absolute Gasteiger partial charge is 0.252 e. The molecular weight excluding hydrogens is 589 g/mol. The van der Waals surface area contributed by atoms with Crippen LogP contribution in [0.5, 0.6) is 0 Å². The van der Waals surface area contributed by atoms with Crippen molar-refractivity contribution in [1.29, 1.82) is 0 Å². The molecule has 5 aromatic carbocycles. The Kier molecular flexibility index (Phi) is 12.4. The van der Waals surface area contributed by atoms with Crippen molar-refractivity contribution < 1.29 is 27.6 Å². The summed E-state index contributed by atoms with van der Waals surface area (Å²) in [6.07, 6.45) is 0.342. The summed E-state index contributed by atoms with van der Waals surface area (Å²) in [7, 11) is 0. The largest absolute Gasteiger partial charge is 0.399 e. The van der Waals surface area contributed by atoms with Gasteiger partial charge in [-0.2, -0.15) is 0 Å². The van der Waals surface area contributed by atoms with Crippen LogP contribution in [-0.2, 0) is 12.8 Å². The molecule has 0 spiro atoms. The predicted molar refractivity (Wildman–Crippen MR) is 167 cm³/mol. The standard InChI is InChI=1S/C22H16F2O2.C7H4ClFO.C6H8N2/c23-19-8-4-17(5-9-19)21(25)13-15-2-1-3-16(12-15)14-22(26)18-6-10-20(24)11-7-18;8-7(10)5-1-3-6(9)4-2-5;7-5-2-1-3-6(8)4-5/h1-12H,13-14H2;1-4H;1-4H,7-8H2. The van der Waals surface area contributed by atoms with Gasteiger partial charge in [0.25, 0.3) is 5.24 Å². The van der Waals surface area contributed by atoms with E-state index in [1.807, 2.05) is 24.3 Å². The predicted octanol–water partition coefficient (Wildman–Crippen LogP) is 7.87. The van der Waals surface area contributed by atoms with Gasteiger partial charge < -0.3 is 11.5 Å². The molecule has 5 aromatic rings. The van der Waals surface area contributed by atoms with Crippen LogP contribution in [-0.4, -0.2) is 16.8 Å². The van der Waals surface area contributed by atoms with Gasteiger partial charge in [0.2, 0.25) is 0 Å². The molecule has 0 aliphatic carbocycles. The molecule has 224 valence electrons. The van der Waals surface area contributed by atoms with E-state index < -0.39 is 5.24 Å². The highest BCUT2D eigenvalue weighted by molar-refractivity contribution is 6.67. The van der Waals surface area contributed by atoms with Gasteiger partial charge in [0.05, 0.1) is 0 Å². The van der Waals surface area contributed by atoms with Gasteiger partial charge >= 0.3 is 0 Å². The molecule has 9 heteroatoms. The van der Waals surface area contributed by atoms with E-state index in [1.54, 1.807) is 24.3 Å². The highest BCUT2D eigenvalue weighted by Gasteiger charge is 2.11. The fraction of sp³-hybridized carbons (Fsp3) is 0.0571. The maximum Gasteiger partial charge on any atom is 0.252 e. The van der Waals surface area contributed by atoms with E-state index in [2.05, 4.69) is 0 Å². The summed E-state index contributed by atoms with van der Waals surface area (Å²) in [6.45, 7) is 0. The number of Topliss-reactive ketones (excluding diaryl/α,β-unsaturated/α-hetero) is 2. The SMILES string of the molecule is Nc1cccc(N)c1.O=C(Cc1cccc(CC(=O)c2ccc(F)cc2)c1)c1ccc(F)cc1.O=C(Cl)c1ccc(F)cc1. The first-order valence-electron chi connectivity index (χ1n) is 13.2. The van der Waals surface area contributed by atoms with Crippen LogP contribution in [0.4, 0.5) is 24.5 Å². The zero-order valence-corrected chi connectivity index (χ0v) is 24.1. The molecule has 0 heterocycles. The van der Waals surface area contributed by atoms with Crippen LogP contribution >= 0.6 is 11.6 Å². The number of carbonyl (C=O) groups excluding carboxylic acids is 3. The molecule has 0 unspecified atom stereocenters. The second kappa shape index (κ2) is 16.4. The van der Waals surface area contributed by atoms with E-state index in [9.17, 15) is 27.6 Å². The summed E-state index contributed by atoms with van der Waals surface area (Å²) in [5.41, 5.74) is 14.9. The Balaban J connectivity index is 0.000000238. The van der Waals surface area contributed by atoms with Gasteiger partial charge in [0.1, 0.15) is 17.5 Å². The Morgan fingerprint density at radius 3 is 1.16 bits per heavy atom. The van der Waals surface area contributed by atoms with Gasteiger partial charge in [0.15, 0.2) is 11.6 Å². The molecular formula is C35H28ClF3N2O3. The average molecular weight is 617 g/mol. The number of hydrogen-bond acceptors (Lipinski definition) is 5. The van der Waals surface area contributed by atoms with Crippen molar-refractivity contribution in [1.82, 2.24) is 0 Å². The number of ketones is 2. The highest BCUT2D eigenvalue weighted by atomic mass is 35.5. The fourth-order valence-corrected chi connectivity index (χ4v) is 3.96. The molecule has 0 aliphatic heterocycles. The Labute approximate surface area is 257 Å². The Hall–Kier alpha value is -5.21. The van der Waals surface area contributed by atoms with Gasteiger partial charge in [-0.15, -0.1) is 0 Å². The molecule has 0 atom stereocenters. The Bertz CT molecular complexity index is 1620. The minimum atomic E-state index is -0.569. The maximum absolute atomic E-state index is 12.9. The highest BCUT2D eigenvalue weighted by Crippen LogP contribution is 2.14. The van der Waals surface area contributed by atoms with E-state index in [0.29, 0.717) is 28.1 Å². The van der Waals surface area contributed by atoms with Crippen LogP contribution in [0.1, 0.15) is 42.2 Å². The number of carbonyl (C=O) groups is 3. The quantitative estimate of drug-likeness (QED) is 0.110. The molecule has 0 aliphatic rings. The zero-order valence-electron chi connectivity index (χ0n) is 23.4. The van der Waals surface area contributed by atoms with Crippen molar-refractivity contribution in [2.75, 3.05) is 11.5 Å². The van der Waals surface area contributed by atoms with E-state index in [0.717, 1.165) is 11.1 Å². The molecule has 0 saturated heterocycles. The zero-order chi connectivity index (χ0) is 32.1. The molecule has 0 bridgehead atoms. The second-order valence-corrected chi connectivity index (χ2v) is 9.83. The first-order valence-corrected chi connectivity index (χ1v) is 13.6. The van der Waals surface area contributed by atoms with Gasteiger partial charge in [-0.05, 0) is 114 Å². The van der Waals surface area contributed by atoms with Crippen molar-refractivity contribution in [3.05, 3.63) is 167 Å². The average Bonchev–Trinajstić information content (AvgIpc) is 2.99. The van der Waals surface area contributed by atoms with Crippen molar-refractivity contribution in [2.24, 2.45) is 0 Å². The Morgan fingerprint density at radius 2 is 0.841 bits per heavy atom. The molecule has 44 heavy (non-hydrogen) atoms. The summed E-state index contributed by atoms with van der Waals surface area (Å²) >= 11 is 5.09. The van der Waals surface area contributed by atoms with Crippen LogP contribution < -0.4 is 11.5 Å². The summed E-state index contributed by atoms with van der Waals surface area (Å²) in [5, 5.41) is -0.569. The van der Waals surface area contributed by atoms with E-state index in [-0.39, 0.29) is 41.9 Å². The normalized spacial score (nSPS) is 10.0. The lowest BCUT2D eigenvalue weighted by molar-refractivity contribution is 0.0986. The van der Waals surface area contributed by atoms with E-state index in [1.165, 1.54) is 72.8 Å². The van der Waals surface area contributed by atoms with Crippen LogP contribution in [0.2, 0.25) is 0 Å². The molecule has 5 rings (SSSR count). The summed E-state index contributed by atoms with van der Waals surface area (Å²) < 4.78 is 38.1. The lowest BCUT2D eigenvalue weighted by atomic mass is 9.98. The van der Waals surface area contributed by atoms with Gasteiger partial charge in [-0.1, -0.05) is 30.3 Å². The molecule has 0 saturated carbocycles. The van der Waals surface area contributed by atoms with Crippen molar-refractivity contribution in [3.63, 3.8) is 0 Å². The topological polar surface area (TPSA) is 103 Å². The van der Waals surface area contributed by atoms with Crippen LogP contribution in [0.25, 0.3) is 0 Å². The number of halogens is 4. The number of hydrogen-bond donors (Lipinski definition) is 2. The van der Waals surface area contributed by atoms with E-state index >= 15 is 0 Å². The number of nitrogens with two attached hydrogens (primary N) is 2. The minimum absolute atomic E-state index is 0.119. The van der Waals surface area contributed by atoms with Crippen LogP contribution in [0.15, 0.2) is 121 Å². The third-order valence-electron chi connectivity index (χ3n) is 6.04.